The minimum Gasteiger partial charge on any atom is -0.478 e. The molecule has 0 aliphatic heterocycles. The molecule has 0 radical (unpaired) electrons. The lowest BCUT2D eigenvalue weighted by Gasteiger charge is -2.16. The van der Waals surface area contributed by atoms with Crippen LogP contribution in [0.25, 0.3) is 22.6 Å². The molecule has 0 unspecified atom stereocenters. The molecule has 0 spiro atoms. The Morgan fingerprint density at radius 1 is 1.09 bits per heavy atom. The maximum Gasteiger partial charge on any atom is 0.416 e. The van der Waals surface area contributed by atoms with Crippen LogP contribution in [0.3, 0.4) is 0 Å². The lowest BCUT2D eigenvalue weighted by Crippen LogP contribution is -2.22. The topological polar surface area (TPSA) is 64.4 Å². The number of hydrogen-bond donors (Lipinski definition) is 1. The van der Waals surface area contributed by atoms with Crippen LogP contribution in [0, 0.1) is 0 Å². The molecular weight excluding hydrogens is 437 g/mol. The van der Waals surface area contributed by atoms with Crippen molar-refractivity contribution in [2.45, 2.75) is 38.6 Å². The Kier molecular flexibility index (Phi) is 6.90. The van der Waals surface area contributed by atoms with E-state index in [4.69, 9.17) is 4.74 Å². The number of imidazole rings is 1. The summed E-state index contributed by atoms with van der Waals surface area (Å²) >= 11 is 0. The third kappa shape index (κ3) is 6.07. The predicted octanol–water partition coefficient (Wildman–Crippen LogP) is 6.25. The number of rotatable bonds is 8. The summed E-state index contributed by atoms with van der Waals surface area (Å²) in [5.74, 6) is -0.650. The van der Waals surface area contributed by atoms with Crippen molar-refractivity contribution in [2.75, 3.05) is 6.61 Å². The Balaban J connectivity index is 1.98. The normalized spacial score (nSPS) is 12.2. The van der Waals surface area contributed by atoms with Gasteiger partial charge in [-0.25, -0.2) is 9.78 Å². The molecule has 0 aliphatic carbocycles. The first-order valence-corrected chi connectivity index (χ1v) is 13.8. The molecular formula is C23H25F3N2O3Si. The van der Waals surface area contributed by atoms with E-state index < -0.39 is 25.8 Å². The summed E-state index contributed by atoms with van der Waals surface area (Å²) in [5.41, 5.74) is 0.538. The number of hydrogen-bond acceptors (Lipinski definition) is 3. The number of aromatic nitrogens is 2. The molecule has 0 saturated heterocycles. The molecule has 1 heterocycles. The number of carbonyl (C=O) groups is 1. The molecule has 3 aromatic rings. The van der Waals surface area contributed by atoms with Gasteiger partial charge in [-0.2, -0.15) is 13.2 Å². The first kappa shape index (κ1) is 23.7. The Morgan fingerprint density at radius 3 is 2.44 bits per heavy atom. The van der Waals surface area contributed by atoms with Crippen LogP contribution in [-0.4, -0.2) is 35.3 Å². The number of ether oxygens (including phenoxy) is 1. The highest BCUT2D eigenvalue weighted by Gasteiger charge is 2.30. The Morgan fingerprint density at radius 2 is 1.78 bits per heavy atom. The highest BCUT2D eigenvalue weighted by Crippen LogP contribution is 2.33. The molecule has 0 fully saturated rings. The standard InChI is InChI=1S/C23H25F3N2O3Si/c1-32(2,3)11-10-31-15-28-14-20(16-6-5-9-19(13-16)23(24,25)26)27-21(28)17-7-4-8-18(12-17)22(29)30/h4-9,12-14H,10-11,15H2,1-3H3,(H,29,30). The van der Waals surface area contributed by atoms with Crippen LogP contribution in [0.1, 0.15) is 15.9 Å². The number of carboxylic acids is 1. The van der Waals surface area contributed by atoms with E-state index in [0.717, 1.165) is 18.2 Å². The zero-order valence-corrected chi connectivity index (χ0v) is 19.1. The van der Waals surface area contributed by atoms with Crippen molar-refractivity contribution in [1.29, 1.82) is 0 Å². The van der Waals surface area contributed by atoms with E-state index in [0.29, 0.717) is 29.3 Å². The summed E-state index contributed by atoms with van der Waals surface area (Å²) in [6.07, 6.45) is -2.83. The van der Waals surface area contributed by atoms with E-state index >= 15 is 0 Å². The Labute approximate surface area is 185 Å². The van der Waals surface area contributed by atoms with Gasteiger partial charge in [-0.05, 0) is 30.3 Å². The maximum atomic E-state index is 13.2. The van der Waals surface area contributed by atoms with Gasteiger partial charge in [0.05, 0.1) is 16.8 Å². The second-order valence-corrected chi connectivity index (χ2v) is 14.4. The zero-order chi connectivity index (χ0) is 23.5. The lowest BCUT2D eigenvalue weighted by molar-refractivity contribution is -0.137. The van der Waals surface area contributed by atoms with E-state index in [1.165, 1.54) is 18.2 Å². The van der Waals surface area contributed by atoms with Gasteiger partial charge in [-0.1, -0.05) is 43.9 Å². The molecule has 0 bridgehead atoms. The summed E-state index contributed by atoms with van der Waals surface area (Å²) in [4.78, 5) is 15.9. The number of halogens is 3. The van der Waals surface area contributed by atoms with Gasteiger partial charge < -0.3 is 14.4 Å². The van der Waals surface area contributed by atoms with Crippen LogP contribution < -0.4 is 0 Å². The zero-order valence-electron chi connectivity index (χ0n) is 18.1. The summed E-state index contributed by atoms with van der Waals surface area (Å²) in [5, 5.41) is 9.31. The van der Waals surface area contributed by atoms with E-state index in [2.05, 4.69) is 24.6 Å². The van der Waals surface area contributed by atoms with E-state index in [9.17, 15) is 23.1 Å². The molecule has 5 nitrogen and oxygen atoms in total. The summed E-state index contributed by atoms with van der Waals surface area (Å²) < 4.78 is 47.0. The molecule has 170 valence electrons. The molecule has 1 N–H and O–H groups in total. The number of alkyl halides is 3. The second kappa shape index (κ2) is 9.29. The van der Waals surface area contributed by atoms with Gasteiger partial charge >= 0.3 is 12.1 Å². The van der Waals surface area contributed by atoms with Gasteiger partial charge in [-0.3, -0.25) is 0 Å². The SMILES string of the molecule is C[Si](C)(C)CCOCn1cc(-c2cccc(C(F)(F)F)c2)nc1-c1cccc(C(=O)O)c1. The fourth-order valence-corrected chi connectivity index (χ4v) is 3.83. The summed E-state index contributed by atoms with van der Waals surface area (Å²) in [6.45, 7) is 7.43. The van der Waals surface area contributed by atoms with E-state index in [-0.39, 0.29) is 12.3 Å². The molecule has 0 saturated carbocycles. The van der Waals surface area contributed by atoms with Gasteiger partial charge in [0.25, 0.3) is 0 Å². The Hall–Kier alpha value is -2.91. The van der Waals surface area contributed by atoms with Crippen LogP contribution in [0.5, 0.6) is 0 Å². The monoisotopic (exact) mass is 462 g/mol. The molecule has 3 rings (SSSR count). The van der Waals surface area contributed by atoms with Crippen molar-refractivity contribution in [3.05, 3.63) is 65.9 Å². The van der Waals surface area contributed by atoms with Crippen LogP contribution in [-0.2, 0) is 17.6 Å². The summed E-state index contributed by atoms with van der Waals surface area (Å²) in [7, 11) is -1.29. The molecule has 2 aromatic carbocycles. The van der Waals surface area contributed by atoms with Gasteiger partial charge in [0.2, 0.25) is 0 Å². The fraction of sp³-hybridized carbons (Fsp3) is 0.304. The average molecular weight is 463 g/mol. The van der Waals surface area contributed by atoms with Crippen molar-refractivity contribution in [3.8, 4) is 22.6 Å². The quantitative estimate of drug-likeness (QED) is 0.318. The molecule has 1 aromatic heterocycles. The second-order valence-electron chi connectivity index (χ2n) is 8.73. The van der Waals surface area contributed by atoms with E-state index in [1.54, 1.807) is 29.0 Å². The van der Waals surface area contributed by atoms with Crippen LogP contribution in [0.4, 0.5) is 13.2 Å². The van der Waals surface area contributed by atoms with Gasteiger partial charge in [-0.15, -0.1) is 0 Å². The third-order valence-corrected chi connectivity index (χ3v) is 6.56. The van der Waals surface area contributed by atoms with Crippen LogP contribution in [0.2, 0.25) is 25.7 Å². The Bertz CT molecular complexity index is 1100. The summed E-state index contributed by atoms with van der Waals surface area (Å²) in [6, 6.07) is 12.2. The minimum atomic E-state index is -4.46. The largest absolute Gasteiger partial charge is 0.478 e. The first-order valence-electron chi connectivity index (χ1n) is 10.1. The van der Waals surface area contributed by atoms with Crippen molar-refractivity contribution in [1.82, 2.24) is 9.55 Å². The van der Waals surface area contributed by atoms with Crippen molar-refractivity contribution in [2.24, 2.45) is 0 Å². The highest BCUT2D eigenvalue weighted by atomic mass is 28.3. The van der Waals surface area contributed by atoms with Gasteiger partial charge in [0.15, 0.2) is 0 Å². The van der Waals surface area contributed by atoms with Crippen molar-refractivity contribution >= 4 is 14.0 Å². The molecule has 0 atom stereocenters. The highest BCUT2D eigenvalue weighted by molar-refractivity contribution is 6.76. The van der Waals surface area contributed by atoms with Gasteiger partial charge in [0, 0.05) is 32.0 Å². The number of nitrogens with zero attached hydrogens (tertiary/aromatic N) is 2. The number of aromatic carboxylic acids is 1. The molecule has 9 heteroatoms. The van der Waals surface area contributed by atoms with Crippen LogP contribution in [0.15, 0.2) is 54.7 Å². The lowest BCUT2D eigenvalue weighted by atomic mass is 10.1. The number of carboxylic acid groups (broad SMARTS) is 1. The molecule has 0 amide bonds. The first-order chi connectivity index (χ1) is 14.9. The average Bonchev–Trinajstić information content (AvgIpc) is 3.14. The molecule has 0 aliphatic rings. The molecule has 32 heavy (non-hydrogen) atoms. The fourth-order valence-electron chi connectivity index (χ4n) is 3.07. The van der Waals surface area contributed by atoms with Gasteiger partial charge in [0.1, 0.15) is 12.6 Å². The van der Waals surface area contributed by atoms with Crippen molar-refractivity contribution < 1.29 is 27.8 Å². The number of benzene rings is 2. The van der Waals surface area contributed by atoms with Crippen LogP contribution >= 0.6 is 0 Å². The minimum absolute atomic E-state index is 0.0947. The third-order valence-electron chi connectivity index (χ3n) is 4.86. The smallest absolute Gasteiger partial charge is 0.416 e. The van der Waals surface area contributed by atoms with Crippen molar-refractivity contribution in [3.63, 3.8) is 0 Å². The predicted molar refractivity (Wildman–Crippen MR) is 119 cm³/mol. The van der Waals surface area contributed by atoms with E-state index in [1.807, 2.05) is 0 Å². The maximum absolute atomic E-state index is 13.2.